The van der Waals surface area contributed by atoms with Crippen LogP contribution in [0.2, 0.25) is 0 Å². The zero-order valence-electron chi connectivity index (χ0n) is 17.8. The molecule has 8 nitrogen and oxygen atoms in total. The summed E-state index contributed by atoms with van der Waals surface area (Å²) in [5.74, 6) is -1.25. The molecular formula is C23H26N4O4. The number of anilines is 2. The van der Waals surface area contributed by atoms with Crippen molar-refractivity contribution >= 4 is 35.0 Å². The summed E-state index contributed by atoms with van der Waals surface area (Å²) in [4.78, 5) is 52.3. The van der Waals surface area contributed by atoms with Crippen LogP contribution in [0, 0.1) is 0 Å². The lowest BCUT2D eigenvalue weighted by Gasteiger charge is -2.27. The highest BCUT2D eigenvalue weighted by atomic mass is 16.2. The smallest absolute Gasteiger partial charge is 0.261 e. The van der Waals surface area contributed by atoms with Gasteiger partial charge in [-0.05, 0) is 50.2 Å². The molecule has 8 heteroatoms. The number of benzene rings is 2. The van der Waals surface area contributed by atoms with Crippen molar-refractivity contribution in [2.45, 2.75) is 26.3 Å². The molecule has 0 aliphatic carbocycles. The number of nitrogens with one attached hydrogen (secondary N) is 2. The number of hydrogen-bond donors (Lipinski definition) is 2. The van der Waals surface area contributed by atoms with Gasteiger partial charge in [-0.25, -0.2) is 0 Å². The highest BCUT2D eigenvalue weighted by Crippen LogP contribution is 2.24. The normalized spacial score (nSPS) is 13.9. The van der Waals surface area contributed by atoms with E-state index in [4.69, 9.17) is 0 Å². The van der Waals surface area contributed by atoms with E-state index in [2.05, 4.69) is 10.6 Å². The maximum absolute atomic E-state index is 12.6. The van der Waals surface area contributed by atoms with Crippen molar-refractivity contribution < 1.29 is 19.2 Å². The van der Waals surface area contributed by atoms with Gasteiger partial charge in [0.05, 0.1) is 23.7 Å². The molecule has 0 radical (unpaired) electrons. The molecule has 3 rings (SSSR count). The third-order valence-electron chi connectivity index (χ3n) is 5.20. The molecule has 4 amide bonds. The van der Waals surface area contributed by atoms with Crippen molar-refractivity contribution in [3.8, 4) is 0 Å². The Morgan fingerprint density at radius 1 is 0.968 bits per heavy atom. The Balaban J connectivity index is 1.65. The fraction of sp³-hybridized carbons (Fsp3) is 0.304. The molecule has 0 bridgehead atoms. The number of carbonyl (C=O) groups is 4. The summed E-state index contributed by atoms with van der Waals surface area (Å²) in [7, 11) is 1.42. The van der Waals surface area contributed by atoms with Crippen molar-refractivity contribution in [3.63, 3.8) is 0 Å². The fourth-order valence-corrected chi connectivity index (χ4v) is 3.45. The standard InChI is InChI=1S/C23H26N4O4/c1-4-12-27(15(2)21(29)25-16-8-6-5-7-9-16)14-20(28)24-17-10-11-18-19(13-17)23(31)26(3)22(18)30/h5-11,13,15H,4,12,14H2,1-3H3,(H,24,28)(H,25,29). The number of rotatable bonds is 8. The second-order valence-corrected chi connectivity index (χ2v) is 7.48. The number of imide groups is 1. The van der Waals surface area contributed by atoms with Crippen molar-refractivity contribution in [3.05, 3.63) is 59.7 Å². The molecule has 0 spiro atoms. The molecular weight excluding hydrogens is 396 g/mol. The van der Waals surface area contributed by atoms with Crippen LogP contribution in [0.3, 0.4) is 0 Å². The molecule has 31 heavy (non-hydrogen) atoms. The molecule has 162 valence electrons. The van der Waals surface area contributed by atoms with Crippen LogP contribution in [0.1, 0.15) is 41.0 Å². The van der Waals surface area contributed by atoms with Crippen molar-refractivity contribution in [2.75, 3.05) is 30.8 Å². The van der Waals surface area contributed by atoms with E-state index >= 15 is 0 Å². The predicted molar refractivity (Wildman–Crippen MR) is 118 cm³/mol. The minimum atomic E-state index is -0.515. The topological polar surface area (TPSA) is 98.8 Å². The summed E-state index contributed by atoms with van der Waals surface area (Å²) in [6, 6.07) is 13.3. The lowest BCUT2D eigenvalue weighted by atomic mass is 10.1. The predicted octanol–water partition coefficient (Wildman–Crippen LogP) is 2.59. The van der Waals surface area contributed by atoms with Gasteiger partial charge in [-0.3, -0.25) is 29.0 Å². The van der Waals surface area contributed by atoms with E-state index in [0.29, 0.717) is 23.5 Å². The molecule has 0 saturated heterocycles. The third-order valence-corrected chi connectivity index (χ3v) is 5.20. The van der Waals surface area contributed by atoms with Crippen LogP contribution in [0.25, 0.3) is 0 Å². The molecule has 2 N–H and O–H groups in total. The number of fused-ring (bicyclic) bond motifs is 1. The molecule has 2 aromatic rings. The largest absolute Gasteiger partial charge is 0.325 e. The minimum Gasteiger partial charge on any atom is -0.325 e. The van der Waals surface area contributed by atoms with Crippen LogP contribution in [-0.4, -0.2) is 59.6 Å². The van der Waals surface area contributed by atoms with Gasteiger partial charge in [0, 0.05) is 18.4 Å². The van der Waals surface area contributed by atoms with E-state index in [1.54, 1.807) is 30.0 Å². The van der Waals surface area contributed by atoms with E-state index in [0.717, 1.165) is 11.3 Å². The SMILES string of the molecule is CCCN(CC(=O)Nc1ccc2c(c1)C(=O)N(C)C2=O)C(C)C(=O)Nc1ccccc1. The first-order valence-corrected chi connectivity index (χ1v) is 10.2. The zero-order chi connectivity index (χ0) is 22.5. The van der Waals surface area contributed by atoms with Gasteiger partial charge in [-0.15, -0.1) is 0 Å². The Kier molecular flexibility index (Phi) is 6.81. The van der Waals surface area contributed by atoms with Crippen LogP contribution in [0.5, 0.6) is 0 Å². The second-order valence-electron chi connectivity index (χ2n) is 7.48. The number of para-hydroxylation sites is 1. The van der Waals surface area contributed by atoms with Gasteiger partial charge in [-0.2, -0.15) is 0 Å². The molecule has 0 saturated carbocycles. The fourth-order valence-electron chi connectivity index (χ4n) is 3.45. The molecule has 1 heterocycles. The number of nitrogens with zero attached hydrogens (tertiary/aromatic N) is 2. The van der Waals surface area contributed by atoms with E-state index in [9.17, 15) is 19.2 Å². The van der Waals surface area contributed by atoms with E-state index < -0.39 is 11.9 Å². The number of carbonyl (C=O) groups excluding carboxylic acids is 4. The summed E-state index contributed by atoms with van der Waals surface area (Å²) >= 11 is 0. The van der Waals surface area contributed by atoms with Crippen LogP contribution in [-0.2, 0) is 9.59 Å². The molecule has 0 aromatic heterocycles. The lowest BCUT2D eigenvalue weighted by molar-refractivity contribution is -0.123. The Morgan fingerprint density at radius 3 is 2.32 bits per heavy atom. The van der Waals surface area contributed by atoms with Crippen LogP contribution >= 0.6 is 0 Å². The molecule has 0 fully saturated rings. The van der Waals surface area contributed by atoms with Crippen LogP contribution in [0.4, 0.5) is 11.4 Å². The summed E-state index contributed by atoms with van der Waals surface area (Å²) in [6.07, 6.45) is 0.776. The maximum atomic E-state index is 12.6. The summed E-state index contributed by atoms with van der Waals surface area (Å²) in [6.45, 7) is 4.32. The zero-order valence-corrected chi connectivity index (χ0v) is 17.8. The lowest BCUT2D eigenvalue weighted by Crippen LogP contribution is -2.46. The average Bonchev–Trinajstić information content (AvgIpc) is 2.97. The quantitative estimate of drug-likeness (QED) is 0.637. The van der Waals surface area contributed by atoms with E-state index in [1.165, 1.54) is 19.2 Å². The van der Waals surface area contributed by atoms with E-state index in [1.807, 2.05) is 25.1 Å². The van der Waals surface area contributed by atoms with Gasteiger partial charge in [0.25, 0.3) is 11.8 Å². The summed E-state index contributed by atoms with van der Waals surface area (Å²) < 4.78 is 0. The molecule has 1 unspecified atom stereocenters. The van der Waals surface area contributed by atoms with Crippen LogP contribution < -0.4 is 10.6 Å². The molecule has 1 aliphatic heterocycles. The first kappa shape index (κ1) is 22.2. The maximum Gasteiger partial charge on any atom is 0.261 e. The molecule has 2 aromatic carbocycles. The van der Waals surface area contributed by atoms with Crippen molar-refractivity contribution in [1.82, 2.24) is 9.80 Å². The van der Waals surface area contributed by atoms with Gasteiger partial charge >= 0.3 is 0 Å². The monoisotopic (exact) mass is 422 g/mol. The van der Waals surface area contributed by atoms with Gasteiger partial charge in [0.1, 0.15) is 0 Å². The first-order chi connectivity index (χ1) is 14.8. The Labute approximate surface area is 181 Å². The van der Waals surface area contributed by atoms with Gasteiger partial charge in [0.15, 0.2) is 0 Å². The van der Waals surface area contributed by atoms with E-state index in [-0.39, 0.29) is 29.8 Å². The highest BCUT2D eigenvalue weighted by Gasteiger charge is 2.33. The third kappa shape index (κ3) is 4.97. The summed E-state index contributed by atoms with van der Waals surface area (Å²) in [5, 5.41) is 5.62. The summed E-state index contributed by atoms with van der Waals surface area (Å²) in [5.41, 5.74) is 1.72. The Morgan fingerprint density at radius 2 is 1.65 bits per heavy atom. The number of hydrogen-bond acceptors (Lipinski definition) is 5. The first-order valence-electron chi connectivity index (χ1n) is 10.2. The van der Waals surface area contributed by atoms with Crippen LogP contribution in [0.15, 0.2) is 48.5 Å². The van der Waals surface area contributed by atoms with Gasteiger partial charge in [0.2, 0.25) is 11.8 Å². The Hall–Kier alpha value is -3.52. The molecule has 1 aliphatic rings. The van der Waals surface area contributed by atoms with Crippen molar-refractivity contribution in [2.24, 2.45) is 0 Å². The Bertz CT molecular complexity index is 1010. The number of amides is 4. The minimum absolute atomic E-state index is 0.0150. The van der Waals surface area contributed by atoms with Crippen molar-refractivity contribution in [1.29, 1.82) is 0 Å². The molecule has 1 atom stereocenters. The van der Waals surface area contributed by atoms with Gasteiger partial charge < -0.3 is 10.6 Å². The average molecular weight is 422 g/mol. The highest BCUT2D eigenvalue weighted by molar-refractivity contribution is 6.21. The second kappa shape index (κ2) is 9.53. The van der Waals surface area contributed by atoms with Gasteiger partial charge in [-0.1, -0.05) is 25.1 Å².